The highest BCUT2D eigenvalue weighted by atomic mass is 32.2. The van der Waals surface area contributed by atoms with E-state index in [0.717, 1.165) is 36.8 Å². The van der Waals surface area contributed by atoms with Gasteiger partial charge in [-0.2, -0.15) is 4.72 Å². The van der Waals surface area contributed by atoms with Crippen molar-refractivity contribution in [1.29, 1.82) is 0 Å². The quantitative estimate of drug-likeness (QED) is 0.255. The first-order chi connectivity index (χ1) is 15.4. The van der Waals surface area contributed by atoms with Gasteiger partial charge in [0.1, 0.15) is 22.4 Å². The van der Waals surface area contributed by atoms with Crippen molar-refractivity contribution >= 4 is 16.0 Å². The molecule has 7 nitrogen and oxygen atoms in total. The van der Waals surface area contributed by atoms with Gasteiger partial charge in [-0.25, -0.2) is 8.42 Å². The molecule has 1 aromatic carbocycles. The minimum absolute atomic E-state index is 0.0473. The number of nitrogens with one attached hydrogen (secondary N) is 1. The maximum atomic E-state index is 13.4. The van der Waals surface area contributed by atoms with Crippen LogP contribution in [0, 0.1) is 5.92 Å². The van der Waals surface area contributed by atoms with Crippen LogP contribution in [0.1, 0.15) is 76.8 Å². The van der Waals surface area contributed by atoms with Crippen molar-refractivity contribution in [3.8, 4) is 11.5 Å². The second-order valence-corrected chi connectivity index (χ2v) is 10.7. The average molecular weight is 480 g/mol. The number of carbonyl (C=O) groups is 1. The number of allylic oxidation sites excluding steroid dienone is 3. The summed E-state index contributed by atoms with van der Waals surface area (Å²) in [6.45, 7) is 11.4. The smallest absolute Gasteiger partial charge is 0.323 e. The molecule has 0 amide bonds. The summed E-state index contributed by atoms with van der Waals surface area (Å²) in [5.74, 6) is -1.81. The number of sulfonamides is 1. The Morgan fingerprint density at radius 3 is 2.58 bits per heavy atom. The van der Waals surface area contributed by atoms with Gasteiger partial charge in [0, 0.05) is 11.5 Å². The van der Waals surface area contributed by atoms with Gasteiger partial charge < -0.3 is 14.9 Å². The minimum Gasteiger partial charge on any atom is -0.507 e. The Morgan fingerprint density at radius 1 is 1.33 bits per heavy atom. The third-order valence-electron chi connectivity index (χ3n) is 6.27. The lowest BCUT2D eigenvalue weighted by molar-refractivity contribution is -0.142. The Morgan fingerprint density at radius 2 is 2.00 bits per heavy atom. The van der Waals surface area contributed by atoms with Crippen molar-refractivity contribution in [3.05, 3.63) is 41.0 Å². The number of methoxy groups -OCH3 is 1. The topological polar surface area (TPSA) is 113 Å². The van der Waals surface area contributed by atoms with E-state index in [-0.39, 0.29) is 22.1 Å². The minimum atomic E-state index is -4.30. The van der Waals surface area contributed by atoms with Crippen LogP contribution in [0.3, 0.4) is 0 Å². The summed E-state index contributed by atoms with van der Waals surface area (Å²) in [6.07, 6.45) is 6.49. The summed E-state index contributed by atoms with van der Waals surface area (Å²) in [5.41, 5.74) is 2.49. The number of unbranched alkanes of at least 4 members (excludes halogenated alkanes) is 2. The second kappa shape index (κ2) is 11.2. The molecule has 0 radical (unpaired) electrons. The Kier molecular flexibility index (Phi) is 9.14. The Balaban J connectivity index is 2.71. The first-order valence-electron chi connectivity index (χ1n) is 11.4. The van der Waals surface area contributed by atoms with Crippen LogP contribution in [-0.2, 0) is 26.0 Å². The average Bonchev–Trinajstić information content (AvgIpc) is 2.72. The van der Waals surface area contributed by atoms with Crippen LogP contribution in [0.2, 0.25) is 0 Å². The van der Waals surface area contributed by atoms with E-state index < -0.39 is 33.7 Å². The van der Waals surface area contributed by atoms with Crippen molar-refractivity contribution in [3.63, 3.8) is 0 Å². The molecule has 0 heterocycles. The van der Waals surface area contributed by atoms with Gasteiger partial charge in [0.2, 0.25) is 10.0 Å². The van der Waals surface area contributed by atoms with Crippen LogP contribution in [0.5, 0.6) is 11.5 Å². The zero-order valence-electron chi connectivity index (χ0n) is 20.3. The van der Waals surface area contributed by atoms with Gasteiger partial charge in [0.15, 0.2) is 0 Å². The number of hydrogen-bond donors (Lipinski definition) is 3. The Hall–Kier alpha value is -2.32. The summed E-state index contributed by atoms with van der Waals surface area (Å²) >= 11 is 0. The number of aryl methyl sites for hydroxylation is 1. The van der Waals surface area contributed by atoms with Gasteiger partial charge >= 0.3 is 5.97 Å². The molecule has 1 aromatic rings. The van der Waals surface area contributed by atoms with Gasteiger partial charge in [-0.3, -0.25) is 4.79 Å². The van der Waals surface area contributed by atoms with E-state index >= 15 is 0 Å². The number of hydrogen-bond acceptors (Lipinski definition) is 6. The van der Waals surface area contributed by atoms with E-state index in [1.54, 1.807) is 0 Å². The largest absolute Gasteiger partial charge is 0.507 e. The van der Waals surface area contributed by atoms with Crippen molar-refractivity contribution in [2.45, 2.75) is 83.1 Å². The van der Waals surface area contributed by atoms with Crippen LogP contribution in [0.4, 0.5) is 0 Å². The van der Waals surface area contributed by atoms with Crippen molar-refractivity contribution in [2.24, 2.45) is 5.92 Å². The Labute approximate surface area is 197 Å². The number of benzene rings is 1. The number of phenols is 2. The summed E-state index contributed by atoms with van der Waals surface area (Å²) in [6, 6.07) is 0.301. The predicted molar refractivity (Wildman–Crippen MR) is 129 cm³/mol. The summed E-state index contributed by atoms with van der Waals surface area (Å²) < 4.78 is 33.7. The number of ether oxygens (including phenoxy) is 1. The highest BCUT2D eigenvalue weighted by Crippen LogP contribution is 2.49. The molecular weight excluding hydrogens is 442 g/mol. The number of rotatable bonds is 10. The van der Waals surface area contributed by atoms with Crippen LogP contribution >= 0.6 is 0 Å². The molecule has 2 rings (SSSR count). The first kappa shape index (κ1) is 26.9. The van der Waals surface area contributed by atoms with E-state index in [0.29, 0.717) is 18.4 Å². The van der Waals surface area contributed by atoms with Crippen molar-refractivity contribution < 1.29 is 28.2 Å². The molecule has 0 spiro atoms. The zero-order chi connectivity index (χ0) is 24.9. The van der Waals surface area contributed by atoms with Crippen LogP contribution < -0.4 is 4.72 Å². The fourth-order valence-corrected chi connectivity index (χ4v) is 6.06. The molecule has 8 heteroatoms. The van der Waals surface area contributed by atoms with E-state index in [1.165, 1.54) is 20.1 Å². The third-order valence-corrected chi connectivity index (χ3v) is 7.92. The fourth-order valence-electron chi connectivity index (χ4n) is 4.51. The molecule has 0 bridgehead atoms. The molecular formula is C25H37NO6S. The maximum Gasteiger partial charge on any atom is 0.323 e. The molecule has 0 fully saturated rings. The molecule has 184 valence electrons. The number of carbonyl (C=O) groups excluding carboxylic acids is 1. The zero-order valence-corrected chi connectivity index (χ0v) is 21.1. The lowest BCUT2D eigenvalue weighted by Crippen LogP contribution is -2.39. The highest BCUT2D eigenvalue weighted by molar-refractivity contribution is 7.89. The molecule has 1 aliphatic carbocycles. The summed E-state index contributed by atoms with van der Waals surface area (Å²) in [4.78, 5) is 11.6. The molecule has 33 heavy (non-hydrogen) atoms. The first-order valence-corrected chi connectivity index (χ1v) is 12.9. The molecule has 1 aliphatic rings. The van der Waals surface area contributed by atoms with Crippen LogP contribution in [0.15, 0.2) is 34.8 Å². The number of aromatic hydroxyl groups is 2. The van der Waals surface area contributed by atoms with E-state index in [1.807, 2.05) is 26.8 Å². The SMILES string of the molecule is C=C(C)C1CCC(C)=CC1c1c(O)cc(CCCCC)c(S(=O)(=O)N[C@@H](C)C(=O)OC)c1O. The monoisotopic (exact) mass is 479 g/mol. The van der Waals surface area contributed by atoms with Crippen molar-refractivity contribution in [2.75, 3.05) is 7.11 Å². The standard InChI is InChI=1S/C25H37NO6S/c1-7-8-9-10-18-14-21(27)22(20-13-16(4)11-12-19(20)15(2)3)23(28)24(18)33(30,31)26-17(5)25(29)32-6/h13-14,17,19-20,26-28H,2,7-12H2,1,3-6H3/t17-,19?,20?/m0/s1. The van der Waals surface area contributed by atoms with Crippen LogP contribution in [-0.4, -0.2) is 37.8 Å². The number of esters is 1. The van der Waals surface area contributed by atoms with Crippen molar-refractivity contribution in [1.82, 2.24) is 4.72 Å². The number of phenolic OH excluding ortho intramolecular Hbond substituents is 2. The lowest BCUT2D eigenvalue weighted by Gasteiger charge is -2.32. The summed E-state index contributed by atoms with van der Waals surface area (Å²) in [5, 5.41) is 22.3. The molecule has 3 atom stereocenters. The molecule has 0 saturated carbocycles. The molecule has 0 saturated heterocycles. The molecule has 0 aliphatic heterocycles. The van der Waals surface area contributed by atoms with E-state index in [2.05, 4.69) is 16.0 Å². The molecule has 0 aromatic heterocycles. The van der Waals surface area contributed by atoms with E-state index in [4.69, 9.17) is 0 Å². The summed E-state index contributed by atoms with van der Waals surface area (Å²) in [7, 11) is -3.12. The third kappa shape index (κ3) is 6.18. The van der Waals surface area contributed by atoms with Gasteiger partial charge in [-0.1, -0.05) is 43.6 Å². The van der Waals surface area contributed by atoms with Gasteiger partial charge in [-0.05, 0) is 64.0 Å². The fraction of sp³-hybridized carbons (Fsp3) is 0.560. The lowest BCUT2D eigenvalue weighted by atomic mass is 9.73. The normalized spacial score (nSPS) is 19.6. The predicted octanol–water partition coefficient (Wildman–Crippen LogP) is 4.69. The second-order valence-electron chi connectivity index (χ2n) is 9.00. The van der Waals surface area contributed by atoms with Crippen LogP contribution in [0.25, 0.3) is 0 Å². The van der Waals surface area contributed by atoms with E-state index in [9.17, 15) is 23.4 Å². The molecule has 2 unspecified atom stereocenters. The Bertz CT molecular complexity index is 1030. The molecule has 3 N–H and O–H groups in total. The van der Waals surface area contributed by atoms with Gasteiger partial charge in [0.05, 0.1) is 7.11 Å². The maximum absolute atomic E-state index is 13.4. The van der Waals surface area contributed by atoms with Gasteiger partial charge in [0.25, 0.3) is 0 Å². The highest BCUT2D eigenvalue weighted by Gasteiger charge is 2.35. The van der Waals surface area contributed by atoms with Gasteiger partial charge in [-0.15, -0.1) is 0 Å².